The Morgan fingerprint density at radius 3 is 2.16 bits per heavy atom. The maximum absolute atomic E-state index is 12.7. The lowest BCUT2D eigenvalue weighted by Gasteiger charge is -2.10. The van der Waals surface area contributed by atoms with E-state index in [-0.39, 0.29) is 5.78 Å². The Kier molecular flexibility index (Phi) is 6.32. The monoisotopic (exact) mass is 366 g/mol. The lowest BCUT2D eigenvalue weighted by Crippen LogP contribution is -2.03. The second-order valence-electron chi connectivity index (χ2n) is 5.82. The molecule has 126 valence electrons. The van der Waals surface area contributed by atoms with Crippen molar-refractivity contribution < 1.29 is 4.79 Å². The molecule has 0 radical (unpaired) electrons. The molecule has 0 unspecified atom stereocenters. The number of thioether (sulfide) groups is 1. The van der Waals surface area contributed by atoms with Crippen molar-refractivity contribution in [1.82, 2.24) is 0 Å². The van der Waals surface area contributed by atoms with E-state index < -0.39 is 0 Å². The maximum atomic E-state index is 12.7. The predicted octanol–water partition coefficient (Wildman–Crippen LogP) is 6.45. The van der Waals surface area contributed by atoms with E-state index in [1.807, 2.05) is 48.5 Å². The Balaban J connectivity index is 1.70. The van der Waals surface area contributed by atoms with Gasteiger partial charge >= 0.3 is 0 Å². The van der Waals surface area contributed by atoms with Crippen LogP contribution in [-0.2, 0) is 12.2 Å². The van der Waals surface area contributed by atoms with Gasteiger partial charge < -0.3 is 0 Å². The zero-order chi connectivity index (χ0) is 17.5. The molecule has 3 heteroatoms. The van der Waals surface area contributed by atoms with Crippen LogP contribution < -0.4 is 0 Å². The molecule has 0 spiro atoms. The van der Waals surface area contributed by atoms with Gasteiger partial charge in [0.25, 0.3) is 0 Å². The van der Waals surface area contributed by atoms with Crippen molar-refractivity contribution >= 4 is 29.1 Å². The Morgan fingerprint density at radius 2 is 1.48 bits per heavy atom. The number of ketones is 1. The molecule has 3 rings (SSSR count). The molecule has 3 aromatic carbocycles. The molecule has 1 nitrogen and oxygen atoms in total. The molecule has 0 aromatic heterocycles. The number of rotatable bonds is 7. The highest BCUT2D eigenvalue weighted by molar-refractivity contribution is 7.98. The van der Waals surface area contributed by atoms with Gasteiger partial charge in [0.05, 0.1) is 0 Å². The average molecular weight is 367 g/mol. The van der Waals surface area contributed by atoms with Gasteiger partial charge in [0, 0.05) is 27.7 Å². The van der Waals surface area contributed by atoms with Gasteiger partial charge in [-0.25, -0.2) is 0 Å². The van der Waals surface area contributed by atoms with Crippen LogP contribution >= 0.6 is 23.4 Å². The van der Waals surface area contributed by atoms with Crippen LogP contribution in [0.2, 0.25) is 5.02 Å². The first kappa shape index (κ1) is 17.8. The molecule has 0 saturated carbocycles. The van der Waals surface area contributed by atoms with E-state index in [4.69, 9.17) is 11.6 Å². The first-order valence-corrected chi connectivity index (χ1v) is 9.62. The zero-order valence-corrected chi connectivity index (χ0v) is 15.4. The molecular weight excluding hydrogens is 348 g/mol. The van der Waals surface area contributed by atoms with E-state index in [0.717, 1.165) is 22.6 Å². The van der Waals surface area contributed by atoms with Crippen molar-refractivity contribution in [2.45, 2.75) is 23.5 Å². The van der Waals surface area contributed by atoms with E-state index in [9.17, 15) is 4.79 Å². The van der Waals surface area contributed by atoms with Crippen molar-refractivity contribution in [3.05, 3.63) is 101 Å². The predicted molar refractivity (Wildman–Crippen MR) is 107 cm³/mol. The minimum absolute atomic E-state index is 0.163. The number of hydrogen-bond donors (Lipinski definition) is 0. The first-order valence-electron chi connectivity index (χ1n) is 8.26. The largest absolute Gasteiger partial charge is 0.294 e. The summed E-state index contributed by atoms with van der Waals surface area (Å²) < 4.78 is 0. The third-order valence-corrected chi connectivity index (χ3v) is 5.33. The highest BCUT2D eigenvalue weighted by Crippen LogP contribution is 2.30. The normalized spacial score (nSPS) is 10.6. The number of hydrogen-bond acceptors (Lipinski definition) is 2. The maximum Gasteiger partial charge on any atom is 0.164 e. The fourth-order valence-electron chi connectivity index (χ4n) is 2.62. The Hall–Kier alpha value is -2.03. The Bertz CT molecular complexity index is 831. The second kappa shape index (κ2) is 8.89. The van der Waals surface area contributed by atoms with Gasteiger partial charge in [0.2, 0.25) is 0 Å². The molecule has 0 atom stereocenters. The van der Waals surface area contributed by atoms with Crippen LogP contribution in [0.3, 0.4) is 0 Å². The number of carbonyl (C=O) groups excluding carboxylic acids is 1. The highest BCUT2D eigenvalue weighted by atomic mass is 35.5. The van der Waals surface area contributed by atoms with Crippen LogP contribution in [0.15, 0.2) is 83.8 Å². The third-order valence-electron chi connectivity index (χ3n) is 3.96. The molecule has 0 saturated heterocycles. The van der Waals surface area contributed by atoms with Gasteiger partial charge in [0.15, 0.2) is 5.78 Å². The summed E-state index contributed by atoms with van der Waals surface area (Å²) in [7, 11) is 0. The summed E-state index contributed by atoms with van der Waals surface area (Å²) in [6, 6.07) is 25.9. The molecule has 25 heavy (non-hydrogen) atoms. The van der Waals surface area contributed by atoms with Crippen LogP contribution in [-0.4, -0.2) is 5.78 Å². The molecule has 0 aliphatic carbocycles. The van der Waals surface area contributed by atoms with Gasteiger partial charge in [-0.2, -0.15) is 0 Å². The number of carbonyl (C=O) groups is 1. The average Bonchev–Trinajstić information content (AvgIpc) is 2.66. The van der Waals surface area contributed by atoms with Gasteiger partial charge in [-0.05, 0) is 35.7 Å². The summed E-state index contributed by atoms with van der Waals surface area (Å²) in [5.41, 5.74) is 3.18. The standard InChI is InChI=1S/C22H19ClOS/c23-19-12-13-20(21(24)14-11-17-7-3-1-4-8-17)22(15-19)25-16-18-9-5-2-6-10-18/h1-10,12-13,15H,11,14,16H2. The summed E-state index contributed by atoms with van der Waals surface area (Å²) in [6.45, 7) is 0. The smallest absolute Gasteiger partial charge is 0.164 e. The summed E-state index contributed by atoms with van der Waals surface area (Å²) in [4.78, 5) is 13.7. The van der Waals surface area contributed by atoms with Gasteiger partial charge in [-0.1, -0.05) is 72.3 Å². The van der Waals surface area contributed by atoms with Crippen LogP contribution in [0.5, 0.6) is 0 Å². The van der Waals surface area contributed by atoms with Gasteiger partial charge in [-0.3, -0.25) is 4.79 Å². The molecule has 0 bridgehead atoms. The Morgan fingerprint density at radius 1 is 0.840 bits per heavy atom. The summed E-state index contributed by atoms with van der Waals surface area (Å²) in [6.07, 6.45) is 1.26. The van der Waals surface area contributed by atoms with E-state index in [0.29, 0.717) is 11.4 Å². The summed E-state index contributed by atoms with van der Waals surface area (Å²) in [5, 5.41) is 0.662. The quantitative estimate of drug-likeness (QED) is 0.353. The first-order chi connectivity index (χ1) is 12.2. The minimum Gasteiger partial charge on any atom is -0.294 e. The minimum atomic E-state index is 0.163. The van der Waals surface area contributed by atoms with Crippen molar-refractivity contribution in [3.63, 3.8) is 0 Å². The van der Waals surface area contributed by atoms with E-state index in [2.05, 4.69) is 24.3 Å². The van der Waals surface area contributed by atoms with Crippen LogP contribution in [0.1, 0.15) is 27.9 Å². The van der Waals surface area contributed by atoms with Crippen molar-refractivity contribution in [3.8, 4) is 0 Å². The summed E-state index contributed by atoms with van der Waals surface area (Å²) >= 11 is 7.81. The van der Waals surface area contributed by atoms with Crippen molar-refractivity contribution in [2.75, 3.05) is 0 Å². The number of halogens is 1. The van der Waals surface area contributed by atoms with Gasteiger partial charge in [-0.15, -0.1) is 11.8 Å². The van der Waals surface area contributed by atoms with Gasteiger partial charge in [0.1, 0.15) is 0 Å². The fourth-order valence-corrected chi connectivity index (χ4v) is 3.92. The fraction of sp³-hybridized carbons (Fsp3) is 0.136. The zero-order valence-electron chi connectivity index (χ0n) is 13.8. The lowest BCUT2D eigenvalue weighted by atomic mass is 10.0. The van der Waals surface area contributed by atoms with E-state index >= 15 is 0 Å². The summed E-state index contributed by atoms with van der Waals surface area (Å²) in [5.74, 6) is 0.983. The topological polar surface area (TPSA) is 17.1 Å². The van der Waals surface area contributed by atoms with E-state index in [1.165, 1.54) is 11.1 Å². The molecule has 0 amide bonds. The van der Waals surface area contributed by atoms with Crippen LogP contribution in [0.4, 0.5) is 0 Å². The molecule has 0 heterocycles. The molecular formula is C22H19ClOS. The van der Waals surface area contributed by atoms with E-state index in [1.54, 1.807) is 17.8 Å². The highest BCUT2D eigenvalue weighted by Gasteiger charge is 2.13. The molecule has 0 N–H and O–H groups in total. The molecule has 0 fully saturated rings. The van der Waals surface area contributed by atoms with Crippen molar-refractivity contribution in [1.29, 1.82) is 0 Å². The van der Waals surface area contributed by atoms with Crippen LogP contribution in [0.25, 0.3) is 0 Å². The molecule has 0 aliphatic heterocycles. The number of Topliss-reactive ketones (excluding diaryl/α,β-unsaturated/α-hetero) is 1. The van der Waals surface area contributed by atoms with Crippen molar-refractivity contribution in [2.24, 2.45) is 0 Å². The number of aryl methyl sites for hydroxylation is 1. The molecule has 0 aliphatic rings. The number of benzene rings is 3. The SMILES string of the molecule is O=C(CCc1ccccc1)c1ccc(Cl)cc1SCc1ccccc1. The Labute approximate surface area is 158 Å². The molecule has 3 aromatic rings. The van der Waals surface area contributed by atoms with Crippen LogP contribution in [0, 0.1) is 0 Å². The second-order valence-corrected chi connectivity index (χ2v) is 7.28. The third kappa shape index (κ3) is 5.22. The lowest BCUT2D eigenvalue weighted by molar-refractivity contribution is 0.0980.